The van der Waals surface area contributed by atoms with Crippen LogP contribution in [-0.2, 0) is 27.9 Å². The third kappa shape index (κ3) is 36.4. The maximum atomic E-state index is 12.5. The van der Waals surface area contributed by atoms with Crippen LogP contribution in [0.3, 0.4) is 0 Å². The molecule has 0 aromatic heterocycles. The molecule has 282 valence electrons. The highest BCUT2D eigenvalue weighted by molar-refractivity contribution is 7.47. The van der Waals surface area contributed by atoms with E-state index in [1.54, 1.807) is 0 Å². The van der Waals surface area contributed by atoms with Gasteiger partial charge in [-0.2, -0.15) is 0 Å². The molecule has 0 heterocycles. The summed E-state index contributed by atoms with van der Waals surface area (Å²) in [4.78, 5) is 22.3. The molecule has 0 aliphatic carbocycles. The van der Waals surface area contributed by atoms with E-state index in [0.717, 1.165) is 77.0 Å². The maximum Gasteiger partial charge on any atom is 0.472 e. The summed E-state index contributed by atoms with van der Waals surface area (Å²) >= 11 is 0. The Morgan fingerprint density at radius 1 is 0.600 bits per heavy atom. The van der Waals surface area contributed by atoms with Crippen molar-refractivity contribution >= 4 is 13.8 Å². The lowest BCUT2D eigenvalue weighted by molar-refractivity contribution is -0.154. The van der Waals surface area contributed by atoms with Crippen molar-refractivity contribution in [3.05, 3.63) is 109 Å². The van der Waals surface area contributed by atoms with Crippen LogP contribution in [0.4, 0.5) is 0 Å². The lowest BCUT2D eigenvalue weighted by Crippen LogP contribution is -2.28. The number of phosphoric acid groups is 1. The van der Waals surface area contributed by atoms with E-state index in [2.05, 4.69) is 123 Å². The fraction of sp³-hybridized carbons (Fsp3) is 0.537. The molecule has 2 unspecified atom stereocenters. The van der Waals surface area contributed by atoms with Gasteiger partial charge in [0, 0.05) is 19.6 Å². The van der Waals surface area contributed by atoms with E-state index in [1.807, 2.05) is 0 Å². The Morgan fingerprint density at radius 2 is 1.02 bits per heavy atom. The van der Waals surface area contributed by atoms with Crippen LogP contribution in [0.25, 0.3) is 0 Å². The molecule has 50 heavy (non-hydrogen) atoms. The molecule has 0 saturated carbocycles. The second-order valence-electron chi connectivity index (χ2n) is 11.3. The molecule has 0 fully saturated rings. The highest BCUT2D eigenvalue weighted by Crippen LogP contribution is 2.43. The molecule has 3 N–H and O–H groups in total. The number of carbonyl (C=O) groups is 1. The number of unbranched alkanes of at least 4 members (excludes halogenated alkanes) is 2. The van der Waals surface area contributed by atoms with Crippen LogP contribution in [-0.4, -0.2) is 49.9 Å². The molecular formula is C41H66NO7P. The van der Waals surface area contributed by atoms with Gasteiger partial charge in [-0.05, 0) is 83.5 Å². The van der Waals surface area contributed by atoms with Gasteiger partial charge >= 0.3 is 13.8 Å². The first-order valence-corrected chi connectivity index (χ1v) is 19.9. The van der Waals surface area contributed by atoms with Crippen LogP contribution in [0.15, 0.2) is 109 Å². The van der Waals surface area contributed by atoms with E-state index in [0.29, 0.717) is 13.0 Å². The third-order valence-electron chi connectivity index (χ3n) is 6.69. The first-order valence-electron chi connectivity index (χ1n) is 18.4. The zero-order valence-corrected chi connectivity index (χ0v) is 31.7. The Labute approximate surface area is 303 Å². The van der Waals surface area contributed by atoms with Crippen LogP contribution in [0.2, 0.25) is 0 Å². The molecule has 0 aliphatic heterocycles. The quantitative estimate of drug-likeness (QED) is 0.0298. The minimum atomic E-state index is -4.31. The van der Waals surface area contributed by atoms with Crippen molar-refractivity contribution in [2.24, 2.45) is 5.73 Å². The minimum absolute atomic E-state index is 0.0472. The monoisotopic (exact) mass is 715 g/mol. The van der Waals surface area contributed by atoms with E-state index >= 15 is 0 Å². The third-order valence-corrected chi connectivity index (χ3v) is 7.67. The zero-order chi connectivity index (χ0) is 36.6. The molecule has 0 aromatic carbocycles. The van der Waals surface area contributed by atoms with Crippen molar-refractivity contribution < 1.29 is 32.8 Å². The number of esters is 1. The van der Waals surface area contributed by atoms with Crippen molar-refractivity contribution in [3.63, 3.8) is 0 Å². The van der Waals surface area contributed by atoms with Gasteiger partial charge in [-0.25, -0.2) is 4.57 Å². The summed E-state index contributed by atoms with van der Waals surface area (Å²) in [6, 6.07) is 0. The molecule has 0 radical (unpaired) electrons. The second-order valence-corrected chi connectivity index (χ2v) is 12.8. The van der Waals surface area contributed by atoms with Gasteiger partial charge in [-0.15, -0.1) is 0 Å². The fourth-order valence-electron chi connectivity index (χ4n) is 4.09. The molecule has 0 saturated heterocycles. The molecule has 0 bridgehead atoms. The molecule has 0 aliphatic rings. The summed E-state index contributed by atoms with van der Waals surface area (Å²) in [7, 11) is -4.31. The van der Waals surface area contributed by atoms with Crippen molar-refractivity contribution in [1.29, 1.82) is 0 Å². The number of hydrogen-bond donors (Lipinski definition) is 2. The van der Waals surface area contributed by atoms with Gasteiger partial charge in [0.15, 0.2) is 0 Å². The van der Waals surface area contributed by atoms with Crippen molar-refractivity contribution in [1.82, 2.24) is 0 Å². The van der Waals surface area contributed by atoms with E-state index in [-0.39, 0.29) is 32.8 Å². The second kappa shape index (κ2) is 37.4. The van der Waals surface area contributed by atoms with Crippen LogP contribution >= 0.6 is 7.82 Å². The van der Waals surface area contributed by atoms with Gasteiger partial charge in [0.05, 0.1) is 19.8 Å². The first-order chi connectivity index (χ1) is 24.4. The summed E-state index contributed by atoms with van der Waals surface area (Å²) in [6.45, 7) is 4.40. The van der Waals surface area contributed by atoms with E-state index < -0.39 is 19.9 Å². The van der Waals surface area contributed by atoms with Crippen LogP contribution < -0.4 is 5.73 Å². The number of phosphoric ester groups is 1. The maximum absolute atomic E-state index is 12.5. The van der Waals surface area contributed by atoms with Crippen LogP contribution in [0, 0.1) is 0 Å². The SMILES string of the molecule is CC/C=C\C/C=C\C/C=C\C/C=C\C/C=C\CCCC(=O)OC(COCCC/C=C\C/C=C\C/C=C\C/C=C\CC)COP(=O)(O)OCCN. The van der Waals surface area contributed by atoms with Crippen LogP contribution in [0.1, 0.15) is 104 Å². The molecule has 2 atom stereocenters. The highest BCUT2D eigenvalue weighted by Gasteiger charge is 2.25. The van der Waals surface area contributed by atoms with Crippen molar-refractivity contribution in [2.45, 2.75) is 110 Å². The molecule has 0 aromatic rings. The van der Waals surface area contributed by atoms with E-state index in [9.17, 15) is 14.3 Å². The fourth-order valence-corrected chi connectivity index (χ4v) is 4.86. The van der Waals surface area contributed by atoms with E-state index in [4.69, 9.17) is 24.3 Å². The molecule has 0 rings (SSSR count). The number of hydrogen-bond acceptors (Lipinski definition) is 7. The molecular weight excluding hydrogens is 649 g/mol. The summed E-state index contributed by atoms with van der Waals surface area (Å²) < 4.78 is 33.1. The summed E-state index contributed by atoms with van der Waals surface area (Å²) in [6.07, 6.45) is 49.8. The largest absolute Gasteiger partial charge is 0.472 e. The summed E-state index contributed by atoms with van der Waals surface area (Å²) in [5, 5.41) is 0. The molecule has 0 amide bonds. The lowest BCUT2D eigenvalue weighted by atomic mass is 10.2. The van der Waals surface area contributed by atoms with Gasteiger partial charge in [0.2, 0.25) is 0 Å². The zero-order valence-electron chi connectivity index (χ0n) is 30.8. The Morgan fingerprint density at radius 3 is 1.46 bits per heavy atom. The molecule has 9 heteroatoms. The van der Waals surface area contributed by atoms with Gasteiger partial charge in [-0.3, -0.25) is 13.8 Å². The normalized spacial score (nSPS) is 14.9. The predicted molar refractivity (Wildman–Crippen MR) is 210 cm³/mol. The number of carbonyl (C=O) groups excluding carboxylic acids is 1. The number of allylic oxidation sites excluding steroid dienone is 18. The van der Waals surface area contributed by atoms with Crippen molar-refractivity contribution in [3.8, 4) is 0 Å². The number of rotatable bonds is 33. The topological polar surface area (TPSA) is 117 Å². The Kier molecular flexibility index (Phi) is 35.3. The predicted octanol–water partition coefficient (Wildman–Crippen LogP) is 10.5. The lowest BCUT2D eigenvalue weighted by Gasteiger charge is -2.20. The average molecular weight is 716 g/mol. The van der Waals surface area contributed by atoms with Gasteiger partial charge < -0.3 is 20.1 Å². The first kappa shape index (κ1) is 47.2. The Hall–Kier alpha value is -2.84. The smallest absolute Gasteiger partial charge is 0.457 e. The highest BCUT2D eigenvalue weighted by atomic mass is 31.2. The van der Waals surface area contributed by atoms with Crippen LogP contribution in [0.5, 0.6) is 0 Å². The van der Waals surface area contributed by atoms with Gasteiger partial charge in [-0.1, -0.05) is 123 Å². The molecule has 0 spiro atoms. The molecule has 8 nitrogen and oxygen atoms in total. The Balaban J connectivity index is 4.35. The van der Waals surface area contributed by atoms with E-state index in [1.165, 1.54) is 0 Å². The summed E-state index contributed by atoms with van der Waals surface area (Å²) in [5.74, 6) is -0.412. The standard InChI is InChI=1S/C41H66NO7P/c1-3-5-7-9-11-13-15-17-19-20-21-22-24-26-28-30-32-34-41(43)49-40(39-48-50(44,45)47-37-35-42)38-46-36-33-31-29-27-25-23-18-16-14-12-10-8-6-4-2/h5-8,11-14,17-19,21-23,26-29,40H,3-4,9-10,15-16,20,24-25,30-39,42H2,1-2H3,(H,44,45)/b7-5-,8-6-,13-11-,14-12-,19-17-,22-21-,23-18-,28-26-,29-27-. The van der Waals surface area contributed by atoms with Gasteiger partial charge in [0.1, 0.15) is 6.10 Å². The number of nitrogens with two attached hydrogens (primary N) is 1. The number of ether oxygens (including phenoxy) is 2. The van der Waals surface area contributed by atoms with Gasteiger partial charge in [0.25, 0.3) is 0 Å². The summed E-state index contributed by atoms with van der Waals surface area (Å²) in [5.41, 5.74) is 5.34. The Bertz CT molecular complexity index is 1120. The van der Waals surface area contributed by atoms with Crippen molar-refractivity contribution in [2.75, 3.05) is 33.0 Å². The average Bonchev–Trinajstić information content (AvgIpc) is 3.10. The minimum Gasteiger partial charge on any atom is -0.457 e.